The van der Waals surface area contributed by atoms with Gasteiger partial charge >= 0.3 is 0 Å². The molecule has 0 radical (unpaired) electrons. The van der Waals surface area contributed by atoms with Crippen molar-refractivity contribution in [3.8, 4) is 11.5 Å². The summed E-state index contributed by atoms with van der Waals surface area (Å²) in [4.78, 5) is 25.4. The van der Waals surface area contributed by atoms with Crippen LogP contribution in [-0.4, -0.2) is 67.8 Å². The van der Waals surface area contributed by atoms with E-state index < -0.39 is 4.92 Å². The highest BCUT2D eigenvalue weighted by Gasteiger charge is 2.38. The van der Waals surface area contributed by atoms with Crippen LogP contribution < -0.4 is 14.8 Å². The van der Waals surface area contributed by atoms with E-state index in [1.54, 1.807) is 0 Å². The maximum Gasteiger partial charge on any atom is 0.273 e. The zero-order chi connectivity index (χ0) is 20.7. The number of rotatable bonds is 8. The number of morpholine rings is 1. The van der Waals surface area contributed by atoms with Crippen molar-refractivity contribution in [2.24, 2.45) is 0 Å². The van der Waals surface area contributed by atoms with Crippen LogP contribution in [0.3, 0.4) is 0 Å². The van der Waals surface area contributed by atoms with Crippen molar-refractivity contribution in [2.45, 2.75) is 37.6 Å². The quantitative estimate of drug-likeness (QED) is 0.520. The molecular formula is C20H29N3O6. The van der Waals surface area contributed by atoms with Gasteiger partial charge in [-0.25, -0.2) is 0 Å². The Morgan fingerprint density at radius 2 is 1.97 bits per heavy atom. The fourth-order valence-corrected chi connectivity index (χ4v) is 4.20. The first-order chi connectivity index (χ1) is 14.0. The molecule has 0 unspecified atom stereocenters. The number of non-ortho nitro benzene ring substituents is 1. The van der Waals surface area contributed by atoms with Crippen LogP contribution >= 0.6 is 0 Å². The molecule has 1 aliphatic heterocycles. The Morgan fingerprint density at radius 3 is 2.62 bits per heavy atom. The molecule has 1 aromatic rings. The summed E-state index contributed by atoms with van der Waals surface area (Å²) in [5.41, 5.74) is -0.143. The van der Waals surface area contributed by atoms with Gasteiger partial charge in [0.1, 0.15) is 0 Å². The number of amides is 1. The number of hydrogen-bond acceptors (Lipinski definition) is 7. The Hall–Kier alpha value is -2.39. The van der Waals surface area contributed by atoms with Crippen molar-refractivity contribution >= 4 is 11.6 Å². The van der Waals surface area contributed by atoms with E-state index in [-0.39, 0.29) is 29.5 Å². The fourth-order valence-electron chi connectivity index (χ4n) is 4.20. The summed E-state index contributed by atoms with van der Waals surface area (Å²) in [6, 6.07) is 4.06. The Balaban J connectivity index is 1.58. The highest BCUT2D eigenvalue weighted by atomic mass is 16.6. The zero-order valence-corrected chi connectivity index (χ0v) is 16.9. The van der Waals surface area contributed by atoms with Gasteiger partial charge in [0.25, 0.3) is 11.6 Å². The summed E-state index contributed by atoms with van der Waals surface area (Å²) in [7, 11) is 1.45. The number of nitrogens with one attached hydrogen (secondary N) is 1. The van der Waals surface area contributed by atoms with E-state index >= 15 is 0 Å². The normalized spacial score (nSPS) is 19.3. The minimum atomic E-state index is -0.512. The van der Waals surface area contributed by atoms with Gasteiger partial charge in [-0.15, -0.1) is 0 Å². The first-order valence-corrected chi connectivity index (χ1v) is 10.1. The van der Waals surface area contributed by atoms with Gasteiger partial charge in [0.15, 0.2) is 18.1 Å². The Labute approximate surface area is 170 Å². The van der Waals surface area contributed by atoms with E-state index in [4.69, 9.17) is 14.2 Å². The van der Waals surface area contributed by atoms with Gasteiger partial charge in [-0.2, -0.15) is 0 Å². The second kappa shape index (κ2) is 9.89. The molecule has 2 aliphatic rings. The number of ether oxygens (including phenoxy) is 3. The number of benzene rings is 1. The summed E-state index contributed by atoms with van der Waals surface area (Å²) in [5, 5.41) is 14.0. The minimum absolute atomic E-state index is 0.0269. The molecule has 0 aromatic heterocycles. The lowest BCUT2D eigenvalue weighted by atomic mass is 9.79. The van der Waals surface area contributed by atoms with E-state index in [1.165, 1.54) is 31.7 Å². The van der Waals surface area contributed by atoms with Crippen LogP contribution in [-0.2, 0) is 9.53 Å². The molecule has 3 rings (SSSR count). The van der Waals surface area contributed by atoms with Crippen molar-refractivity contribution in [1.82, 2.24) is 10.2 Å². The molecule has 1 N–H and O–H groups in total. The molecule has 1 heterocycles. The fraction of sp³-hybridized carbons (Fsp3) is 0.650. The van der Waals surface area contributed by atoms with Crippen molar-refractivity contribution in [3.05, 3.63) is 28.3 Å². The summed E-state index contributed by atoms with van der Waals surface area (Å²) >= 11 is 0. The molecule has 160 valence electrons. The van der Waals surface area contributed by atoms with Crippen molar-refractivity contribution in [3.63, 3.8) is 0 Å². The maximum absolute atomic E-state index is 12.4. The first-order valence-electron chi connectivity index (χ1n) is 10.1. The van der Waals surface area contributed by atoms with E-state index in [1.807, 2.05) is 0 Å². The third kappa shape index (κ3) is 5.36. The van der Waals surface area contributed by atoms with Crippen molar-refractivity contribution < 1.29 is 23.9 Å². The number of carbonyl (C=O) groups excluding carboxylic acids is 1. The van der Waals surface area contributed by atoms with Crippen LogP contribution in [0.15, 0.2) is 18.2 Å². The van der Waals surface area contributed by atoms with Crippen molar-refractivity contribution in [2.75, 3.05) is 46.6 Å². The molecule has 0 atom stereocenters. The van der Waals surface area contributed by atoms with Crippen LogP contribution in [0.4, 0.5) is 5.69 Å². The average molecular weight is 407 g/mol. The zero-order valence-electron chi connectivity index (χ0n) is 16.9. The summed E-state index contributed by atoms with van der Waals surface area (Å²) in [6.07, 6.45) is 5.68. The van der Waals surface area contributed by atoms with Gasteiger partial charge < -0.3 is 19.5 Å². The summed E-state index contributed by atoms with van der Waals surface area (Å²) in [5.74, 6) is 0.273. The highest BCUT2D eigenvalue weighted by molar-refractivity contribution is 5.77. The number of nitrogens with zero attached hydrogens (tertiary/aromatic N) is 2. The van der Waals surface area contributed by atoms with Crippen LogP contribution in [0.1, 0.15) is 32.1 Å². The second-order valence-corrected chi connectivity index (χ2v) is 7.54. The number of nitro groups is 1. The molecule has 1 saturated heterocycles. The third-order valence-electron chi connectivity index (χ3n) is 5.80. The molecule has 1 aliphatic carbocycles. The topological polar surface area (TPSA) is 103 Å². The minimum Gasteiger partial charge on any atom is -0.493 e. The largest absolute Gasteiger partial charge is 0.493 e. The van der Waals surface area contributed by atoms with Gasteiger partial charge in [0.2, 0.25) is 0 Å². The van der Waals surface area contributed by atoms with Crippen LogP contribution in [0.5, 0.6) is 11.5 Å². The van der Waals surface area contributed by atoms with Gasteiger partial charge in [-0.1, -0.05) is 19.3 Å². The van der Waals surface area contributed by atoms with E-state index in [0.717, 1.165) is 52.0 Å². The van der Waals surface area contributed by atoms with Crippen LogP contribution in [0, 0.1) is 10.1 Å². The molecule has 0 spiro atoms. The lowest BCUT2D eigenvalue weighted by Crippen LogP contribution is -2.60. The third-order valence-corrected chi connectivity index (χ3v) is 5.80. The first kappa shape index (κ1) is 21.3. The smallest absolute Gasteiger partial charge is 0.273 e. The lowest BCUT2D eigenvalue weighted by Gasteiger charge is -2.48. The predicted octanol–water partition coefficient (Wildman–Crippen LogP) is 2.13. The SMILES string of the molecule is COc1ccc([N+](=O)[O-])cc1OCC(=O)NCC1(N2CCOCC2)CCCCC1. The monoisotopic (exact) mass is 407 g/mol. The number of carbonyl (C=O) groups is 1. The van der Waals surface area contributed by atoms with E-state index in [9.17, 15) is 14.9 Å². The number of methoxy groups -OCH3 is 1. The highest BCUT2D eigenvalue weighted by Crippen LogP contribution is 2.34. The predicted molar refractivity (Wildman–Crippen MR) is 106 cm³/mol. The summed E-state index contributed by atoms with van der Waals surface area (Å²) < 4.78 is 16.2. The van der Waals surface area contributed by atoms with E-state index in [2.05, 4.69) is 10.2 Å². The number of nitro benzene ring substituents is 1. The van der Waals surface area contributed by atoms with Crippen LogP contribution in [0.2, 0.25) is 0 Å². The molecular weight excluding hydrogens is 378 g/mol. The van der Waals surface area contributed by atoms with Gasteiger partial charge in [-0.3, -0.25) is 19.8 Å². The van der Waals surface area contributed by atoms with Gasteiger partial charge in [0, 0.05) is 31.2 Å². The molecule has 9 nitrogen and oxygen atoms in total. The second-order valence-electron chi connectivity index (χ2n) is 7.54. The average Bonchev–Trinajstić information content (AvgIpc) is 2.77. The molecule has 1 aromatic carbocycles. The molecule has 1 amide bonds. The maximum atomic E-state index is 12.4. The van der Waals surface area contributed by atoms with Gasteiger partial charge in [-0.05, 0) is 18.9 Å². The Bertz CT molecular complexity index is 714. The Morgan fingerprint density at radius 1 is 1.24 bits per heavy atom. The molecule has 2 fully saturated rings. The molecule has 0 bridgehead atoms. The van der Waals surface area contributed by atoms with Gasteiger partial charge in [0.05, 0.1) is 31.3 Å². The van der Waals surface area contributed by atoms with Crippen LogP contribution in [0.25, 0.3) is 0 Å². The van der Waals surface area contributed by atoms with E-state index in [0.29, 0.717) is 12.3 Å². The summed E-state index contributed by atoms with van der Waals surface area (Å²) in [6.45, 7) is 3.57. The molecule has 9 heteroatoms. The van der Waals surface area contributed by atoms with Crippen molar-refractivity contribution in [1.29, 1.82) is 0 Å². The lowest BCUT2D eigenvalue weighted by molar-refractivity contribution is -0.385. The molecule has 1 saturated carbocycles. The standard InChI is InChI=1S/C20H29N3O6/c1-27-17-6-5-16(23(25)26)13-18(17)29-14-19(24)21-15-20(7-3-2-4-8-20)22-9-11-28-12-10-22/h5-6,13H,2-4,7-12,14-15H2,1H3,(H,21,24). The number of hydrogen-bond donors (Lipinski definition) is 1. The molecule has 29 heavy (non-hydrogen) atoms. The Kier molecular flexibility index (Phi) is 7.27.